The van der Waals surface area contributed by atoms with E-state index in [1.54, 1.807) is 31.1 Å². The Morgan fingerprint density at radius 3 is 2.77 bits per heavy atom. The van der Waals surface area contributed by atoms with Gasteiger partial charge in [0.05, 0.1) is 30.1 Å². The van der Waals surface area contributed by atoms with Crippen LogP contribution in [0.25, 0.3) is 55.6 Å². The van der Waals surface area contributed by atoms with E-state index < -0.39 is 0 Å². The molecule has 0 unspecified atom stereocenters. The number of nitrogens with one attached hydrogen (secondary N) is 3. The predicted octanol–water partition coefficient (Wildman–Crippen LogP) is 5.78. The zero-order chi connectivity index (χ0) is 23.4. The van der Waals surface area contributed by atoms with Gasteiger partial charge in [-0.1, -0.05) is 12.1 Å². The van der Waals surface area contributed by atoms with Crippen LogP contribution in [0.4, 0.5) is 5.69 Å². The standard InChI is InChI=1S/C27H20N6O2/c34-27(15-4-5-15)30-19-8-17(11-28-13-19)18-9-22-25(32-33-26(22)29-12-18)24-10-21-20(16-6-7-35-14-16)2-1-3-23(21)31-24/h1-3,6-15,31H,4-5H2,(H,30,34)(H,29,32,33). The largest absolute Gasteiger partial charge is 0.472 e. The molecule has 1 aliphatic carbocycles. The third kappa shape index (κ3) is 3.47. The first-order valence-corrected chi connectivity index (χ1v) is 11.5. The molecule has 8 heteroatoms. The van der Waals surface area contributed by atoms with Gasteiger partial charge in [0, 0.05) is 51.3 Å². The van der Waals surface area contributed by atoms with Crippen LogP contribution < -0.4 is 5.32 Å². The van der Waals surface area contributed by atoms with E-state index in [4.69, 9.17) is 4.42 Å². The van der Waals surface area contributed by atoms with Gasteiger partial charge >= 0.3 is 0 Å². The van der Waals surface area contributed by atoms with Crippen molar-refractivity contribution in [1.29, 1.82) is 0 Å². The summed E-state index contributed by atoms with van der Waals surface area (Å²) < 4.78 is 5.29. The zero-order valence-corrected chi connectivity index (χ0v) is 18.6. The number of hydrogen-bond donors (Lipinski definition) is 3. The number of furan rings is 1. The Hall–Kier alpha value is -4.72. The van der Waals surface area contributed by atoms with Crippen LogP contribution in [0.3, 0.4) is 0 Å². The average molecular weight is 460 g/mol. The van der Waals surface area contributed by atoms with E-state index in [1.165, 1.54) is 0 Å². The second-order valence-corrected chi connectivity index (χ2v) is 8.88. The number of carbonyl (C=O) groups excluding carboxylic acids is 1. The lowest BCUT2D eigenvalue weighted by atomic mass is 10.0. The molecule has 0 radical (unpaired) electrons. The number of pyridine rings is 2. The molecule has 7 rings (SSSR count). The number of carbonyl (C=O) groups is 1. The fourth-order valence-corrected chi connectivity index (χ4v) is 4.47. The molecule has 0 bridgehead atoms. The molecule has 1 fully saturated rings. The minimum Gasteiger partial charge on any atom is -0.472 e. The molecular formula is C27H20N6O2. The fourth-order valence-electron chi connectivity index (χ4n) is 4.47. The summed E-state index contributed by atoms with van der Waals surface area (Å²) in [7, 11) is 0. The Morgan fingerprint density at radius 1 is 1.00 bits per heavy atom. The van der Waals surface area contributed by atoms with Crippen molar-refractivity contribution in [3.05, 3.63) is 73.6 Å². The van der Waals surface area contributed by atoms with Gasteiger partial charge in [-0.15, -0.1) is 0 Å². The number of nitrogens with zero attached hydrogens (tertiary/aromatic N) is 3. The van der Waals surface area contributed by atoms with Crippen LogP contribution in [0.2, 0.25) is 0 Å². The lowest BCUT2D eigenvalue weighted by Crippen LogP contribution is -2.13. The number of aromatic nitrogens is 5. The summed E-state index contributed by atoms with van der Waals surface area (Å²) in [5, 5.41) is 12.5. The molecule has 0 aliphatic heterocycles. The molecule has 0 atom stereocenters. The smallest absolute Gasteiger partial charge is 0.227 e. The van der Waals surface area contributed by atoms with Gasteiger partial charge in [0.2, 0.25) is 5.91 Å². The summed E-state index contributed by atoms with van der Waals surface area (Å²) in [5.74, 6) is 0.193. The minimum atomic E-state index is 0.0586. The van der Waals surface area contributed by atoms with Crippen LogP contribution in [0.5, 0.6) is 0 Å². The van der Waals surface area contributed by atoms with E-state index in [0.29, 0.717) is 11.3 Å². The van der Waals surface area contributed by atoms with Crippen LogP contribution in [0, 0.1) is 5.92 Å². The number of amides is 1. The number of H-pyrrole nitrogens is 2. The van der Waals surface area contributed by atoms with Gasteiger partial charge in [-0.3, -0.25) is 14.9 Å². The van der Waals surface area contributed by atoms with Crippen LogP contribution in [0.15, 0.2) is 78.0 Å². The Kier molecular flexibility index (Phi) is 4.32. The van der Waals surface area contributed by atoms with Gasteiger partial charge in [-0.2, -0.15) is 5.10 Å². The highest BCUT2D eigenvalue weighted by atomic mass is 16.3. The van der Waals surface area contributed by atoms with Crippen LogP contribution in [0.1, 0.15) is 12.8 Å². The van der Waals surface area contributed by atoms with Gasteiger partial charge in [0.1, 0.15) is 5.69 Å². The fraction of sp³-hybridized carbons (Fsp3) is 0.111. The summed E-state index contributed by atoms with van der Waals surface area (Å²) in [5.41, 5.74) is 7.97. The van der Waals surface area contributed by atoms with E-state index in [2.05, 4.69) is 42.6 Å². The molecule has 8 nitrogen and oxygen atoms in total. The van der Waals surface area contributed by atoms with E-state index in [1.807, 2.05) is 30.3 Å². The Labute approximate surface area is 199 Å². The van der Waals surface area contributed by atoms with Crippen molar-refractivity contribution in [3.8, 4) is 33.6 Å². The average Bonchev–Trinajstić information content (AvgIpc) is 3.26. The van der Waals surface area contributed by atoms with Gasteiger partial charge in [-0.05, 0) is 48.7 Å². The predicted molar refractivity (Wildman–Crippen MR) is 133 cm³/mol. The Morgan fingerprint density at radius 2 is 1.91 bits per heavy atom. The number of hydrogen-bond acceptors (Lipinski definition) is 5. The molecule has 3 N–H and O–H groups in total. The van der Waals surface area contributed by atoms with Crippen molar-refractivity contribution in [2.75, 3.05) is 5.32 Å². The molecule has 5 heterocycles. The van der Waals surface area contributed by atoms with Crippen LogP contribution in [-0.4, -0.2) is 31.1 Å². The maximum absolute atomic E-state index is 12.2. The van der Waals surface area contributed by atoms with Crippen molar-refractivity contribution in [1.82, 2.24) is 25.1 Å². The number of anilines is 1. The zero-order valence-electron chi connectivity index (χ0n) is 18.6. The van der Waals surface area contributed by atoms with E-state index in [9.17, 15) is 4.79 Å². The lowest BCUT2D eigenvalue weighted by Gasteiger charge is -2.07. The van der Waals surface area contributed by atoms with E-state index in [0.717, 1.165) is 62.8 Å². The maximum atomic E-state index is 12.2. The summed E-state index contributed by atoms with van der Waals surface area (Å²) in [6.45, 7) is 0. The maximum Gasteiger partial charge on any atom is 0.227 e. The first kappa shape index (κ1) is 19.7. The first-order valence-electron chi connectivity index (χ1n) is 11.5. The van der Waals surface area contributed by atoms with Gasteiger partial charge < -0.3 is 14.7 Å². The van der Waals surface area contributed by atoms with Crippen molar-refractivity contribution in [2.45, 2.75) is 12.8 Å². The molecule has 1 aliphatic rings. The van der Waals surface area contributed by atoms with E-state index in [-0.39, 0.29) is 11.8 Å². The molecule has 35 heavy (non-hydrogen) atoms. The van der Waals surface area contributed by atoms with Gasteiger partial charge in [0.25, 0.3) is 0 Å². The quantitative estimate of drug-likeness (QED) is 0.302. The number of rotatable bonds is 5. The third-order valence-electron chi connectivity index (χ3n) is 6.46. The summed E-state index contributed by atoms with van der Waals surface area (Å²) in [6, 6.07) is 14.2. The Bertz CT molecular complexity index is 1710. The van der Waals surface area contributed by atoms with Crippen molar-refractivity contribution in [2.24, 2.45) is 5.92 Å². The highest BCUT2D eigenvalue weighted by Gasteiger charge is 2.29. The van der Waals surface area contributed by atoms with Crippen molar-refractivity contribution >= 4 is 33.5 Å². The summed E-state index contributed by atoms with van der Waals surface area (Å²) in [4.78, 5) is 24.6. The van der Waals surface area contributed by atoms with Gasteiger partial charge in [-0.25, -0.2) is 4.98 Å². The molecule has 5 aromatic heterocycles. The highest BCUT2D eigenvalue weighted by molar-refractivity contribution is 6.01. The highest BCUT2D eigenvalue weighted by Crippen LogP contribution is 2.35. The molecule has 6 aromatic rings. The molecule has 0 saturated heterocycles. The van der Waals surface area contributed by atoms with Crippen molar-refractivity contribution in [3.63, 3.8) is 0 Å². The summed E-state index contributed by atoms with van der Waals surface area (Å²) >= 11 is 0. The molecule has 1 aromatic carbocycles. The molecule has 0 spiro atoms. The number of aromatic amines is 2. The SMILES string of the molecule is O=C(Nc1cncc(-c2cnc3[nH]nc(-c4cc5c(-c6ccoc6)cccc5[nH]4)c3c2)c1)C1CC1. The normalized spacial score (nSPS) is 13.5. The molecule has 1 saturated carbocycles. The Balaban J connectivity index is 1.29. The summed E-state index contributed by atoms with van der Waals surface area (Å²) in [6.07, 6.45) is 10.6. The second-order valence-electron chi connectivity index (χ2n) is 8.88. The van der Waals surface area contributed by atoms with Crippen molar-refractivity contribution < 1.29 is 9.21 Å². The third-order valence-corrected chi connectivity index (χ3v) is 6.46. The number of fused-ring (bicyclic) bond motifs is 2. The first-order chi connectivity index (χ1) is 17.2. The van der Waals surface area contributed by atoms with Crippen LogP contribution in [-0.2, 0) is 4.79 Å². The lowest BCUT2D eigenvalue weighted by molar-refractivity contribution is -0.117. The molecule has 1 amide bonds. The van der Waals surface area contributed by atoms with E-state index >= 15 is 0 Å². The molecule has 170 valence electrons. The topological polar surface area (TPSA) is 112 Å². The number of benzene rings is 1. The second kappa shape index (κ2) is 7.66. The monoisotopic (exact) mass is 460 g/mol. The van der Waals surface area contributed by atoms with Crippen LogP contribution >= 0.6 is 0 Å². The van der Waals surface area contributed by atoms with Gasteiger partial charge in [0.15, 0.2) is 5.65 Å². The minimum absolute atomic E-state index is 0.0586. The molecular weight excluding hydrogens is 440 g/mol.